The van der Waals surface area contributed by atoms with Gasteiger partial charge >= 0.3 is 0 Å². The standard InChI is InChI=1S/C19H29N3O4S/c1-21-10-8-17(9-11-21)20-19(23)7-4-16-2-5-18(6-3-16)27(24,25)22-12-14-26-15-13-22/h2-3,5-6,17H,4,7-15H2,1H3,(H,20,23). The van der Waals surface area contributed by atoms with Crippen molar-refractivity contribution < 1.29 is 17.9 Å². The second kappa shape index (κ2) is 9.14. The van der Waals surface area contributed by atoms with Crippen molar-refractivity contribution in [1.29, 1.82) is 0 Å². The number of rotatable bonds is 6. The third kappa shape index (κ3) is 5.51. The van der Waals surface area contributed by atoms with E-state index in [1.54, 1.807) is 24.3 Å². The number of nitrogens with zero attached hydrogens (tertiary/aromatic N) is 2. The molecule has 2 fully saturated rings. The molecule has 0 aliphatic carbocycles. The van der Waals surface area contributed by atoms with Gasteiger partial charge in [-0.1, -0.05) is 12.1 Å². The lowest BCUT2D eigenvalue weighted by Gasteiger charge is -2.29. The first kappa shape index (κ1) is 20.3. The van der Waals surface area contributed by atoms with Crippen molar-refractivity contribution >= 4 is 15.9 Å². The molecule has 2 saturated heterocycles. The quantitative estimate of drug-likeness (QED) is 0.773. The van der Waals surface area contributed by atoms with Gasteiger partial charge in [0.1, 0.15) is 0 Å². The number of carbonyl (C=O) groups is 1. The normalized spacial score (nSPS) is 20.5. The monoisotopic (exact) mass is 395 g/mol. The van der Waals surface area contributed by atoms with Crippen LogP contribution >= 0.6 is 0 Å². The molecular weight excluding hydrogens is 366 g/mol. The molecular formula is C19H29N3O4S. The second-order valence-corrected chi connectivity index (χ2v) is 9.24. The first-order chi connectivity index (χ1) is 12.9. The molecule has 1 aromatic carbocycles. The van der Waals surface area contributed by atoms with Crippen molar-refractivity contribution in [2.24, 2.45) is 0 Å². The van der Waals surface area contributed by atoms with Crippen LogP contribution in [0.15, 0.2) is 29.2 Å². The third-order valence-electron chi connectivity index (χ3n) is 5.26. The Kier molecular flexibility index (Phi) is 6.86. The van der Waals surface area contributed by atoms with Gasteiger partial charge in [-0.15, -0.1) is 0 Å². The van der Waals surface area contributed by atoms with Crippen molar-refractivity contribution in [1.82, 2.24) is 14.5 Å². The van der Waals surface area contributed by atoms with E-state index in [4.69, 9.17) is 4.74 Å². The molecule has 1 amide bonds. The van der Waals surface area contributed by atoms with Gasteiger partial charge in [-0.05, 0) is 57.1 Å². The summed E-state index contributed by atoms with van der Waals surface area (Å²) >= 11 is 0. The number of amides is 1. The fourth-order valence-electron chi connectivity index (χ4n) is 3.47. The number of sulfonamides is 1. The molecule has 27 heavy (non-hydrogen) atoms. The number of likely N-dealkylation sites (tertiary alicyclic amines) is 1. The van der Waals surface area contributed by atoms with Crippen molar-refractivity contribution in [2.75, 3.05) is 46.4 Å². The Hall–Kier alpha value is -1.48. The number of carbonyl (C=O) groups excluding carboxylic acids is 1. The largest absolute Gasteiger partial charge is 0.379 e. The van der Waals surface area contributed by atoms with Crippen molar-refractivity contribution in [3.8, 4) is 0 Å². The van der Waals surface area contributed by atoms with E-state index >= 15 is 0 Å². The van der Waals surface area contributed by atoms with Crippen LogP contribution < -0.4 is 5.32 Å². The van der Waals surface area contributed by atoms with Crippen LogP contribution in [-0.4, -0.2) is 76.0 Å². The molecule has 2 heterocycles. The summed E-state index contributed by atoms with van der Waals surface area (Å²) in [6.07, 6.45) is 3.02. The summed E-state index contributed by atoms with van der Waals surface area (Å²) in [5.74, 6) is 0.0644. The fourth-order valence-corrected chi connectivity index (χ4v) is 4.88. The van der Waals surface area contributed by atoms with E-state index in [0.717, 1.165) is 31.5 Å². The van der Waals surface area contributed by atoms with E-state index in [9.17, 15) is 13.2 Å². The number of piperidine rings is 1. The molecule has 0 aromatic heterocycles. The van der Waals surface area contributed by atoms with Crippen LogP contribution in [-0.2, 0) is 26.0 Å². The van der Waals surface area contributed by atoms with E-state index in [2.05, 4.69) is 17.3 Å². The zero-order valence-corrected chi connectivity index (χ0v) is 16.7. The lowest BCUT2D eigenvalue weighted by Crippen LogP contribution is -2.43. The Balaban J connectivity index is 1.49. The molecule has 0 spiro atoms. The summed E-state index contributed by atoms with van der Waals surface area (Å²) < 4.78 is 31.9. The van der Waals surface area contributed by atoms with Gasteiger partial charge in [-0.25, -0.2) is 8.42 Å². The highest BCUT2D eigenvalue weighted by Gasteiger charge is 2.26. The molecule has 1 N–H and O–H groups in total. The Bertz CT molecular complexity index is 722. The van der Waals surface area contributed by atoms with Crippen molar-refractivity contribution in [2.45, 2.75) is 36.6 Å². The van der Waals surface area contributed by atoms with Gasteiger partial charge in [0, 0.05) is 25.6 Å². The smallest absolute Gasteiger partial charge is 0.243 e. The van der Waals surface area contributed by atoms with Gasteiger partial charge in [0.05, 0.1) is 18.1 Å². The molecule has 7 nitrogen and oxygen atoms in total. The van der Waals surface area contributed by atoms with E-state index in [0.29, 0.717) is 44.0 Å². The number of aryl methyl sites for hydroxylation is 1. The third-order valence-corrected chi connectivity index (χ3v) is 7.17. The molecule has 1 aromatic rings. The predicted molar refractivity (Wildman–Crippen MR) is 103 cm³/mol. The average Bonchev–Trinajstić information content (AvgIpc) is 2.69. The first-order valence-electron chi connectivity index (χ1n) is 9.60. The molecule has 3 rings (SSSR count). The first-order valence-corrected chi connectivity index (χ1v) is 11.0. The maximum Gasteiger partial charge on any atom is 0.243 e. The van der Waals surface area contributed by atoms with Crippen LogP contribution in [0.5, 0.6) is 0 Å². The maximum atomic E-state index is 12.6. The number of ether oxygens (including phenoxy) is 1. The van der Waals surface area contributed by atoms with Gasteiger partial charge < -0.3 is 15.0 Å². The van der Waals surface area contributed by atoms with Crippen LogP contribution in [0.2, 0.25) is 0 Å². The van der Waals surface area contributed by atoms with E-state index in [1.165, 1.54) is 4.31 Å². The van der Waals surface area contributed by atoms with Gasteiger partial charge in [-0.3, -0.25) is 4.79 Å². The Morgan fingerprint density at radius 3 is 2.37 bits per heavy atom. The molecule has 8 heteroatoms. The van der Waals surface area contributed by atoms with Crippen LogP contribution in [0, 0.1) is 0 Å². The van der Waals surface area contributed by atoms with Gasteiger partial charge in [0.25, 0.3) is 0 Å². The van der Waals surface area contributed by atoms with Crippen LogP contribution in [0.1, 0.15) is 24.8 Å². The van der Waals surface area contributed by atoms with Gasteiger partial charge in [-0.2, -0.15) is 4.31 Å². The summed E-state index contributed by atoms with van der Waals surface area (Å²) in [6.45, 7) is 3.68. The molecule has 2 aliphatic heterocycles. The van der Waals surface area contributed by atoms with Crippen molar-refractivity contribution in [3.05, 3.63) is 29.8 Å². The average molecular weight is 396 g/mol. The summed E-state index contributed by atoms with van der Waals surface area (Å²) in [6, 6.07) is 7.14. The summed E-state index contributed by atoms with van der Waals surface area (Å²) in [4.78, 5) is 14.7. The molecule has 150 valence electrons. The van der Waals surface area contributed by atoms with Gasteiger partial charge in [0.15, 0.2) is 0 Å². The summed E-state index contributed by atoms with van der Waals surface area (Å²) in [5, 5.41) is 3.11. The number of nitrogens with one attached hydrogen (secondary N) is 1. The van der Waals surface area contributed by atoms with Crippen LogP contribution in [0.25, 0.3) is 0 Å². The topological polar surface area (TPSA) is 79.0 Å². The maximum absolute atomic E-state index is 12.6. The predicted octanol–water partition coefficient (Wildman–Crippen LogP) is 0.851. The molecule has 0 atom stereocenters. The van der Waals surface area contributed by atoms with E-state index in [1.807, 2.05) is 0 Å². The Labute approximate surface area is 161 Å². The van der Waals surface area contributed by atoms with Crippen molar-refractivity contribution in [3.63, 3.8) is 0 Å². The lowest BCUT2D eigenvalue weighted by molar-refractivity contribution is -0.122. The minimum atomic E-state index is -3.46. The number of benzene rings is 1. The highest BCUT2D eigenvalue weighted by Crippen LogP contribution is 2.18. The fraction of sp³-hybridized carbons (Fsp3) is 0.632. The highest BCUT2D eigenvalue weighted by molar-refractivity contribution is 7.89. The lowest BCUT2D eigenvalue weighted by atomic mass is 10.0. The molecule has 2 aliphatic rings. The minimum Gasteiger partial charge on any atom is -0.379 e. The van der Waals surface area contributed by atoms with E-state index in [-0.39, 0.29) is 11.9 Å². The zero-order chi connectivity index (χ0) is 19.3. The molecule has 0 saturated carbocycles. The summed E-state index contributed by atoms with van der Waals surface area (Å²) in [7, 11) is -1.37. The summed E-state index contributed by atoms with van der Waals surface area (Å²) in [5.41, 5.74) is 0.967. The van der Waals surface area contributed by atoms with E-state index < -0.39 is 10.0 Å². The van der Waals surface area contributed by atoms with Gasteiger partial charge in [0.2, 0.25) is 15.9 Å². The molecule has 0 unspecified atom stereocenters. The number of morpholine rings is 1. The number of hydrogen-bond donors (Lipinski definition) is 1. The SMILES string of the molecule is CN1CCC(NC(=O)CCc2ccc(S(=O)(=O)N3CCOCC3)cc2)CC1. The highest BCUT2D eigenvalue weighted by atomic mass is 32.2. The second-order valence-electron chi connectivity index (χ2n) is 7.31. The van der Waals surface area contributed by atoms with Crippen LogP contribution in [0.4, 0.5) is 0 Å². The number of hydrogen-bond acceptors (Lipinski definition) is 5. The molecule has 0 radical (unpaired) electrons. The Morgan fingerprint density at radius 2 is 1.74 bits per heavy atom. The zero-order valence-electron chi connectivity index (χ0n) is 15.9. The minimum absolute atomic E-state index is 0.0644. The van der Waals surface area contributed by atoms with Crippen LogP contribution in [0.3, 0.4) is 0 Å². The Morgan fingerprint density at radius 1 is 1.11 bits per heavy atom. The molecule has 0 bridgehead atoms.